The Bertz CT molecular complexity index is 678. The molecule has 0 amide bonds. The van der Waals surface area contributed by atoms with Gasteiger partial charge in [-0.3, -0.25) is 4.79 Å². The molecule has 0 aromatic heterocycles. The fraction of sp³-hybridized carbons (Fsp3) is 0.188. The Morgan fingerprint density at radius 2 is 1.75 bits per heavy atom. The number of ketones is 1. The van der Waals surface area contributed by atoms with E-state index in [1.54, 1.807) is 13.0 Å². The molecule has 20 heavy (non-hydrogen) atoms. The molecule has 0 radical (unpaired) electrons. The zero-order valence-corrected chi connectivity index (χ0v) is 11.5. The van der Waals surface area contributed by atoms with Gasteiger partial charge in [-0.05, 0) is 49.2 Å². The van der Waals surface area contributed by atoms with E-state index < -0.39 is 17.4 Å². The van der Waals surface area contributed by atoms with E-state index in [2.05, 4.69) is 0 Å². The second kappa shape index (κ2) is 5.41. The predicted octanol–water partition coefficient (Wildman–Crippen LogP) is 3.82. The van der Waals surface area contributed by atoms with Gasteiger partial charge in [0.05, 0.1) is 12.7 Å². The Kier molecular flexibility index (Phi) is 3.84. The van der Waals surface area contributed by atoms with Gasteiger partial charge < -0.3 is 4.74 Å². The molecule has 0 aliphatic heterocycles. The molecule has 2 aromatic rings. The van der Waals surface area contributed by atoms with Crippen molar-refractivity contribution in [2.45, 2.75) is 13.8 Å². The molecule has 0 saturated heterocycles. The number of ether oxygens (including phenoxy) is 1. The van der Waals surface area contributed by atoms with E-state index in [-0.39, 0.29) is 5.56 Å². The number of carbonyl (C=O) groups excluding carboxylic acids is 1. The number of benzene rings is 2. The number of hydrogen-bond donors (Lipinski definition) is 0. The van der Waals surface area contributed by atoms with Crippen molar-refractivity contribution in [1.29, 1.82) is 0 Å². The van der Waals surface area contributed by atoms with Crippen molar-refractivity contribution in [3.05, 3.63) is 64.2 Å². The first-order valence-corrected chi connectivity index (χ1v) is 6.09. The average molecular weight is 276 g/mol. The topological polar surface area (TPSA) is 26.3 Å². The Hall–Kier alpha value is -2.23. The molecule has 0 spiro atoms. The number of carbonyl (C=O) groups is 1. The van der Waals surface area contributed by atoms with Gasteiger partial charge in [0.1, 0.15) is 5.75 Å². The summed E-state index contributed by atoms with van der Waals surface area (Å²) < 4.78 is 31.4. The number of aryl methyl sites for hydroxylation is 2. The third-order valence-corrected chi connectivity index (χ3v) is 3.07. The highest BCUT2D eigenvalue weighted by Gasteiger charge is 2.19. The molecular formula is C16H14F2O2. The van der Waals surface area contributed by atoms with E-state index in [1.165, 1.54) is 13.2 Å². The van der Waals surface area contributed by atoms with Crippen LogP contribution in [0.15, 0.2) is 30.3 Å². The highest BCUT2D eigenvalue weighted by molar-refractivity contribution is 6.11. The molecule has 0 aliphatic rings. The molecule has 2 nitrogen and oxygen atoms in total. The fourth-order valence-corrected chi connectivity index (χ4v) is 2.16. The standard InChI is InChI=1S/C16H14F2O2/c1-9-6-10(2)15(14(7-9)20-3)16(19)11-4-5-12(17)13(18)8-11/h4-8H,1-3H3. The summed E-state index contributed by atoms with van der Waals surface area (Å²) in [6.07, 6.45) is 0. The van der Waals surface area contributed by atoms with Gasteiger partial charge in [0.25, 0.3) is 0 Å². The minimum atomic E-state index is -1.04. The maximum absolute atomic E-state index is 13.2. The van der Waals surface area contributed by atoms with Crippen LogP contribution in [0.3, 0.4) is 0 Å². The molecule has 0 saturated carbocycles. The monoisotopic (exact) mass is 276 g/mol. The SMILES string of the molecule is COc1cc(C)cc(C)c1C(=O)c1ccc(F)c(F)c1. The van der Waals surface area contributed by atoms with Crippen molar-refractivity contribution in [1.82, 2.24) is 0 Å². The van der Waals surface area contributed by atoms with Gasteiger partial charge >= 0.3 is 0 Å². The summed E-state index contributed by atoms with van der Waals surface area (Å²) in [6, 6.07) is 6.68. The van der Waals surface area contributed by atoms with Crippen molar-refractivity contribution in [2.75, 3.05) is 7.11 Å². The molecule has 0 bridgehead atoms. The van der Waals surface area contributed by atoms with Crippen LogP contribution in [0, 0.1) is 25.5 Å². The number of methoxy groups -OCH3 is 1. The second-order valence-electron chi connectivity index (χ2n) is 4.62. The van der Waals surface area contributed by atoms with E-state index in [4.69, 9.17) is 4.74 Å². The molecule has 2 aromatic carbocycles. The van der Waals surface area contributed by atoms with Gasteiger partial charge in [-0.1, -0.05) is 6.07 Å². The maximum atomic E-state index is 13.2. The van der Waals surface area contributed by atoms with Crippen LogP contribution >= 0.6 is 0 Å². The summed E-state index contributed by atoms with van der Waals surface area (Å²) in [4.78, 5) is 12.5. The van der Waals surface area contributed by atoms with E-state index in [0.717, 1.165) is 23.3 Å². The predicted molar refractivity (Wildman–Crippen MR) is 72.3 cm³/mol. The molecule has 104 valence electrons. The lowest BCUT2D eigenvalue weighted by Crippen LogP contribution is -2.07. The molecule has 2 rings (SSSR count). The number of hydrogen-bond acceptors (Lipinski definition) is 2. The van der Waals surface area contributed by atoms with Crippen LogP contribution in [0.5, 0.6) is 5.75 Å². The van der Waals surface area contributed by atoms with Crippen molar-refractivity contribution < 1.29 is 18.3 Å². The van der Waals surface area contributed by atoms with Crippen molar-refractivity contribution in [2.24, 2.45) is 0 Å². The zero-order valence-electron chi connectivity index (χ0n) is 11.5. The molecule has 0 N–H and O–H groups in total. The van der Waals surface area contributed by atoms with Crippen LogP contribution in [0.25, 0.3) is 0 Å². The Morgan fingerprint density at radius 3 is 2.35 bits per heavy atom. The zero-order chi connectivity index (χ0) is 14.9. The van der Waals surface area contributed by atoms with Crippen LogP contribution in [0.1, 0.15) is 27.0 Å². The molecular weight excluding hydrogens is 262 g/mol. The molecule has 0 aliphatic carbocycles. The van der Waals surface area contributed by atoms with Gasteiger partial charge in [0.2, 0.25) is 0 Å². The smallest absolute Gasteiger partial charge is 0.197 e. The van der Waals surface area contributed by atoms with Crippen LogP contribution in [-0.4, -0.2) is 12.9 Å². The van der Waals surface area contributed by atoms with Gasteiger partial charge in [0, 0.05) is 5.56 Å². The van der Waals surface area contributed by atoms with Crippen LogP contribution in [0.2, 0.25) is 0 Å². The lowest BCUT2D eigenvalue weighted by atomic mass is 9.96. The first-order chi connectivity index (χ1) is 9.43. The minimum absolute atomic E-state index is 0.0918. The summed E-state index contributed by atoms with van der Waals surface area (Å²) in [5.74, 6) is -1.98. The van der Waals surface area contributed by atoms with Gasteiger partial charge in [-0.2, -0.15) is 0 Å². The van der Waals surface area contributed by atoms with E-state index >= 15 is 0 Å². The minimum Gasteiger partial charge on any atom is -0.496 e. The summed E-state index contributed by atoms with van der Waals surface area (Å²) in [5.41, 5.74) is 2.15. The quantitative estimate of drug-likeness (QED) is 0.797. The van der Waals surface area contributed by atoms with Gasteiger partial charge in [0.15, 0.2) is 17.4 Å². The van der Waals surface area contributed by atoms with Gasteiger partial charge in [-0.15, -0.1) is 0 Å². The Balaban J connectivity index is 2.55. The molecule has 0 fully saturated rings. The van der Waals surface area contributed by atoms with E-state index in [9.17, 15) is 13.6 Å². The van der Waals surface area contributed by atoms with E-state index in [1.807, 2.05) is 13.0 Å². The molecule has 0 heterocycles. The largest absolute Gasteiger partial charge is 0.496 e. The van der Waals surface area contributed by atoms with E-state index in [0.29, 0.717) is 11.3 Å². The van der Waals surface area contributed by atoms with Crippen molar-refractivity contribution in [3.63, 3.8) is 0 Å². The third-order valence-electron chi connectivity index (χ3n) is 3.07. The second-order valence-corrected chi connectivity index (χ2v) is 4.62. The fourth-order valence-electron chi connectivity index (χ4n) is 2.16. The van der Waals surface area contributed by atoms with Crippen molar-refractivity contribution in [3.8, 4) is 5.75 Å². The molecule has 4 heteroatoms. The highest BCUT2D eigenvalue weighted by atomic mass is 19.2. The first kappa shape index (κ1) is 14.2. The molecule has 0 atom stereocenters. The average Bonchev–Trinajstić information content (AvgIpc) is 2.40. The molecule has 0 unspecified atom stereocenters. The normalized spacial score (nSPS) is 10.4. The summed E-state index contributed by atoms with van der Waals surface area (Å²) >= 11 is 0. The van der Waals surface area contributed by atoms with Crippen LogP contribution in [0.4, 0.5) is 8.78 Å². The highest BCUT2D eigenvalue weighted by Crippen LogP contribution is 2.27. The third kappa shape index (κ3) is 2.54. The van der Waals surface area contributed by atoms with Crippen molar-refractivity contribution >= 4 is 5.78 Å². The van der Waals surface area contributed by atoms with Crippen LogP contribution < -0.4 is 4.74 Å². The summed E-state index contributed by atoms with van der Waals surface area (Å²) in [6.45, 7) is 3.67. The lowest BCUT2D eigenvalue weighted by Gasteiger charge is -2.12. The number of rotatable bonds is 3. The summed E-state index contributed by atoms with van der Waals surface area (Å²) in [5, 5.41) is 0. The maximum Gasteiger partial charge on any atom is 0.197 e. The summed E-state index contributed by atoms with van der Waals surface area (Å²) in [7, 11) is 1.47. The Morgan fingerprint density at radius 1 is 1.05 bits per heavy atom. The van der Waals surface area contributed by atoms with Crippen LogP contribution in [-0.2, 0) is 0 Å². The lowest BCUT2D eigenvalue weighted by molar-refractivity contribution is 0.103. The Labute approximate surface area is 116 Å². The number of halogens is 2. The first-order valence-electron chi connectivity index (χ1n) is 6.09. The van der Waals surface area contributed by atoms with Gasteiger partial charge in [-0.25, -0.2) is 8.78 Å².